The van der Waals surface area contributed by atoms with E-state index in [2.05, 4.69) is 10.6 Å². The van der Waals surface area contributed by atoms with E-state index in [1.807, 2.05) is 0 Å². The Balaban J connectivity index is 2.05. The number of carbonyl (C=O) groups is 1. The molecular formula is C12H18N2O3. The number of amides is 1. The van der Waals surface area contributed by atoms with E-state index in [0.717, 1.165) is 13.1 Å². The van der Waals surface area contributed by atoms with Gasteiger partial charge in [0.2, 0.25) is 5.91 Å². The lowest BCUT2D eigenvalue weighted by molar-refractivity contribution is -0.116. The monoisotopic (exact) mass is 238 g/mol. The van der Waals surface area contributed by atoms with Crippen molar-refractivity contribution in [2.45, 2.75) is 0 Å². The van der Waals surface area contributed by atoms with Crippen LogP contribution in [0.15, 0.2) is 28.9 Å². The van der Waals surface area contributed by atoms with Gasteiger partial charge in [0.25, 0.3) is 0 Å². The van der Waals surface area contributed by atoms with Crippen LogP contribution in [0.1, 0.15) is 5.76 Å². The standard InChI is InChI=1S/C12H18N2O3/c1-16-10-8-13-6-7-14-12(15)5-4-11-3-2-9-17-11/h2-5,9,13H,6-8,10H2,1H3,(H,14,15)/b5-4+. The summed E-state index contributed by atoms with van der Waals surface area (Å²) in [4.78, 5) is 11.3. The molecule has 0 saturated heterocycles. The van der Waals surface area contributed by atoms with Gasteiger partial charge >= 0.3 is 0 Å². The SMILES string of the molecule is COCCNCCNC(=O)/C=C/c1ccco1. The summed E-state index contributed by atoms with van der Waals surface area (Å²) in [6, 6.07) is 3.56. The molecule has 0 aliphatic carbocycles. The van der Waals surface area contributed by atoms with Crippen molar-refractivity contribution in [2.75, 3.05) is 33.4 Å². The molecule has 0 spiro atoms. The predicted octanol–water partition coefficient (Wildman–Crippen LogP) is 0.645. The second-order valence-electron chi connectivity index (χ2n) is 3.38. The molecule has 5 heteroatoms. The van der Waals surface area contributed by atoms with E-state index in [1.54, 1.807) is 31.6 Å². The van der Waals surface area contributed by atoms with Gasteiger partial charge < -0.3 is 19.8 Å². The van der Waals surface area contributed by atoms with Crippen molar-refractivity contribution in [1.29, 1.82) is 0 Å². The second-order valence-corrected chi connectivity index (χ2v) is 3.38. The minimum atomic E-state index is -0.130. The molecule has 0 fully saturated rings. The zero-order valence-corrected chi connectivity index (χ0v) is 9.94. The molecule has 0 saturated carbocycles. The average molecular weight is 238 g/mol. The fourth-order valence-electron chi connectivity index (χ4n) is 1.18. The molecule has 5 nitrogen and oxygen atoms in total. The number of ether oxygens (including phenoxy) is 1. The zero-order valence-electron chi connectivity index (χ0n) is 9.94. The van der Waals surface area contributed by atoms with Gasteiger partial charge in [-0.3, -0.25) is 4.79 Å². The van der Waals surface area contributed by atoms with Crippen LogP contribution in [-0.2, 0) is 9.53 Å². The highest BCUT2D eigenvalue weighted by Gasteiger charge is 1.95. The van der Waals surface area contributed by atoms with Crippen LogP contribution in [0.2, 0.25) is 0 Å². The molecule has 0 aliphatic rings. The molecule has 0 bridgehead atoms. The lowest BCUT2D eigenvalue weighted by atomic mass is 10.4. The molecule has 1 aromatic rings. The second kappa shape index (κ2) is 8.55. The molecule has 2 N–H and O–H groups in total. The van der Waals surface area contributed by atoms with E-state index in [4.69, 9.17) is 9.15 Å². The molecule has 0 aliphatic heterocycles. The number of rotatable bonds is 8. The Morgan fingerprint density at radius 2 is 2.35 bits per heavy atom. The molecular weight excluding hydrogens is 220 g/mol. The summed E-state index contributed by atoms with van der Waals surface area (Å²) in [6.45, 7) is 2.77. The van der Waals surface area contributed by atoms with E-state index in [1.165, 1.54) is 6.08 Å². The molecule has 94 valence electrons. The third-order valence-electron chi connectivity index (χ3n) is 2.03. The van der Waals surface area contributed by atoms with Gasteiger partial charge in [-0.1, -0.05) is 0 Å². The Hall–Kier alpha value is -1.59. The first kappa shape index (κ1) is 13.5. The zero-order chi connectivity index (χ0) is 12.3. The van der Waals surface area contributed by atoms with Gasteiger partial charge in [-0.2, -0.15) is 0 Å². The Kier molecular flexibility index (Phi) is 6.78. The van der Waals surface area contributed by atoms with Gasteiger partial charge in [-0.05, 0) is 18.2 Å². The number of hydrogen-bond acceptors (Lipinski definition) is 4. The predicted molar refractivity (Wildman–Crippen MR) is 65.5 cm³/mol. The van der Waals surface area contributed by atoms with Crippen LogP contribution in [0.3, 0.4) is 0 Å². The molecule has 0 radical (unpaired) electrons. The van der Waals surface area contributed by atoms with Crippen LogP contribution in [0, 0.1) is 0 Å². The number of methoxy groups -OCH3 is 1. The Morgan fingerprint density at radius 3 is 3.06 bits per heavy atom. The van der Waals surface area contributed by atoms with Gasteiger partial charge in [-0.15, -0.1) is 0 Å². The highest BCUT2D eigenvalue weighted by Crippen LogP contribution is 2.01. The lowest BCUT2D eigenvalue weighted by Gasteiger charge is -2.04. The van der Waals surface area contributed by atoms with Crippen molar-refractivity contribution < 1.29 is 13.9 Å². The summed E-state index contributed by atoms with van der Waals surface area (Å²) in [6.07, 6.45) is 4.65. The van der Waals surface area contributed by atoms with Crippen molar-refractivity contribution in [1.82, 2.24) is 10.6 Å². The number of nitrogens with one attached hydrogen (secondary N) is 2. The minimum Gasteiger partial charge on any atom is -0.465 e. The third kappa shape index (κ3) is 6.55. The Labute approximate surface area is 101 Å². The average Bonchev–Trinajstić information content (AvgIpc) is 2.84. The van der Waals surface area contributed by atoms with Gasteiger partial charge in [0, 0.05) is 32.8 Å². The first-order valence-electron chi connectivity index (χ1n) is 5.52. The molecule has 0 unspecified atom stereocenters. The van der Waals surface area contributed by atoms with Crippen LogP contribution >= 0.6 is 0 Å². The van der Waals surface area contributed by atoms with Gasteiger partial charge in [0.05, 0.1) is 12.9 Å². The topological polar surface area (TPSA) is 63.5 Å². The molecule has 0 aromatic carbocycles. The van der Waals surface area contributed by atoms with Crippen molar-refractivity contribution in [3.05, 3.63) is 30.2 Å². The maximum absolute atomic E-state index is 11.3. The molecule has 1 amide bonds. The van der Waals surface area contributed by atoms with Crippen LogP contribution in [-0.4, -0.2) is 39.3 Å². The van der Waals surface area contributed by atoms with Gasteiger partial charge in [0.15, 0.2) is 0 Å². The van der Waals surface area contributed by atoms with E-state index < -0.39 is 0 Å². The Bertz CT molecular complexity index is 334. The summed E-state index contributed by atoms with van der Waals surface area (Å²) in [7, 11) is 1.66. The van der Waals surface area contributed by atoms with E-state index in [9.17, 15) is 4.79 Å². The first-order valence-corrected chi connectivity index (χ1v) is 5.52. The number of carbonyl (C=O) groups excluding carboxylic acids is 1. The molecule has 1 heterocycles. The lowest BCUT2D eigenvalue weighted by Crippen LogP contribution is -2.32. The van der Waals surface area contributed by atoms with Crippen LogP contribution in [0.25, 0.3) is 6.08 Å². The van der Waals surface area contributed by atoms with Crippen molar-refractivity contribution in [3.8, 4) is 0 Å². The first-order chi connectivity index (χ1) is 8.33. The summed E-state index contributed by atoms with van der Waals surface area (Å²) in [5.74, 6) is 0.535. The van der Waals surface area contributed by atoms with E-state index in [0.29, 0.717) is 18.9 Å². The fourth-order valence-corrected chi connectivity index (χ4v) is 1.18. The summed E-state index contributed by atoms with van der Waals surface area (Å²) in [5, 5.41) is 5.88. The summed E-state index contributed by atoms with van der Waals surface area (Å²) < 4.78 is 9.94. The highest BCUT2D eigenvalue weighted by molar-refractivity contribution is 5.91. The van der Waals surface area contributed by atoms with Crippen molar-refractivity contribution in [3.63, 3.8) is 0 Å². The largest absolute Gasteiger partial charge is 0.465 e. The van der Waals surface area contributed by atoms with Crippen LogP contribution in [0.4, 0.5) is 0 Å². The summed E-state index contributed by atoms with van der Waals surface area (Å²) in [5.41, 5.74) is 0. The number of furan rings is 1. The third-order valence-corrected chi connectivity index (χ3v) is 2.03. The van der Waals surface area contributed by atoms with Crippen LogP contribution < -0.4 is 10.6 Å². The Morgan fingerprint density at radius 1 is 1.47 bits per heavy atom. The maximum Gasteiger partial charge on any atom is 0.244 e. The molecule has 1 rings (SSSR count). The molecule has 17 heavy (non-hydrogen) atoms. The highest BCUT2D eigenvalue weighted by atomic mass is 16.5. The smallest absolute Gasteiger partial charge is 0.244 e. The van der Waals surface area contributed by atoms with E-state index >= 15 is 0 Å². The van der Waals surface area contributed by atoms with Gasteiger partial charge in [-0.25, -0.2) is 0 Å². The maximum atomic E-state index is 11.3. The van der Waals surface area contributed by atoms with Gasteiger partial charge in [0.1, 0.15) is 5.76 Å². The number of hydrogen-bond donors (Lipinski definition) is 2. The van der Waals surface area contributed by atoms with Crippen LogP contribution in [0.5, 0.6) is 0 Å². The van der Waals surface area contributed by atoms with E-state index in [-0.39, 0.29) is 5.91 Å². The minimum absolute atomic E-state index is 0.130. The summed E-state index contributed by atoms with van der Waals surface area (Å²) >= 11 is 0. The quantitative estimate of drug-likeness (QED) is 0.515. The molecule has 0 atom stereocenters. The fraction of sp³-hybridized carbons (Fsp3) is 0.417. The van der Waals surface area contributed by atoms with Crippen molar-refractivity contribution in [2.24, 2.45) is 0 Å². The molecule has 1 aromatic heterocycles. The van der Waals surface area contributed by atoms with Crippen molar-refractivity contribution >= 4 is 12.0 Å². The normalized spacial score (nSPS) is 10.9.